The summed E-state index contributed by atoms with van der Waals surface area (Å²) >= 11 is 0. The molecule has 0 saturated carbocycles. The minimum absolute atomic E-state index is 0.0410. The second-order valence-corrected chi connectivity index (χ2v) is 22.5. The Hall–Kier alpha value is -3.98. The van der Waals surface area contributed by atoms with E-state index in [2.05, 4.69) is 15.6 Å². The van der Waals surface area contributed by atoms with E-state index in [9.17, 15) is 39.9 Å². The van der Waals surface area contributed by atoms with Gasteiger partial charge in [0.15, 0.2) is 12.6 Å². The van der Waals surface area contributed by atoms with Crippen LogP contribution in [0, 0.1) is 29.5 Å². The van der Waals surface area contributed by atoms with E-state index in [0.29, 0.717) is 62.8 Å². The average Bonchev–Trinajstić information content (AvgIpc) is 4.00. The number of hydrogen-bond acceptors (Lipinski definition) is 20. The molecule has 5 aliphatic heterocycles. The average molecular weight is 1080 g/mol. The highest BCUT2D eigenvalue weighted by Crippen LogP contribution is 2.41. The molecule has 6 heterocycles. The van der Waals surface area contributed by atoms with Crippen molar-refractivity contribution in [1.29, 1.82) is 0 Å². The number of ketones is 1. The molecule has 2 aromatic rings. The summed E-state index contributed by atoms with van der Waals surface area (Å²) < 4.78 is 65.5. The number of nitrogens with zero attached hydrogens (tertiary/aromatic N) is 5. The number of halogens is 1. The van der Waals surface area contributed by atoms with Crippen LogP contribution in [0.2, 0.25) is 0 Å². The van der Waals surface area contributed by atoms with Crippen molar-refractivity contribution < 1.29 is 82.2 Å². The number of morpholine rings is 1. The van der Waals surface area contributed by atoms with Gasteiger partial charge in [-0.25, -0.2) is 13.9 Å². The first kappa shape index (κ1) is 59.7. The van der Waals surface area contributed by atoms with E-state index in [1.807, 2.05) is 11.8 Å². The Bertz CT molecular complexity index is 2290. The van der Waals surface area contributed by atoms with Crippen LogP contribution in [0.4, 0.5) is 20.6 Å². The highest BCUT2D eigenvalue weighted by molar-refractivity contribution is 5.90. The maximum Gasteiger partial charge on any atom is 0.414 e. The maximum atomic E-state index is 15.2. The van der Waals surface area contributed by atoms with Crippen LogP contribution in [0.15, 0.2) is 24.4 Å². The summed E-state index contributed by atoms with van der Waals surface area (Å²) in [5.41, 5.74) is -3.61. The minimum Gasteiger partial charge on any atom is -0.459 e. The van der Waals surface area contributed by atoms with Crippen molar-refractivity contribution in [3.8, 4) is 0 Å². The molecule has 6 N–H and O–H groups in total. The Balaban J connectivity index is 1.05. The molecule has 428 valence electrons. The monoisotopic (exact) mass is 1080 g/mol. The Morgan fingerprint density at radius 3 is 2.30 bits per heavy atom. The zero-order valence-electron chi connectivity index (χ0n) is 45.9. The predicted molar refractivity (Wildman–Crippen MR) is 271 cm³/mol. The quantitative estimate of drug-likeness (QED) is 0.148. The van der Waals surface area contributed by atoms with Crippen LogP contribution in [0.5, 0.6) is 0 Å². The van der Waals surface area contributed by atoms with Crippen molar-refractivity contribution in [3.05, 3.63) is 35.9 Å². The van der Waals surface area contributed by atoms with Gasteiger partial charge in [-0.3, -0.25) is 14.5 Å². The van der Waals surface area contributed by atoms with Gasteiger partial charge in [0.25, 0.3) is 0 Å². The number of cyclic esters (lactones) is 2. The fraction of sp³-hybridized carbons (Fsp3) is 0.792. The number of esters is 1. The first-order valence-electron chi connectivity index (χ1n) is 26.9. The molecule has 1 unspecified atom stereocenters. The lowest BCUT2D eigenvalue weighted by Crippen LogP contribution is -2.61. The molecule has 1 amide bonds. The summed E-state index contributed by atoms with van der Waals surface area (Å²) in [6, 6.07) is 4.12. The molecule has 76 heavy (non-hydrogen) atoms. The van der Waals surface area contributed by atoms with Gasteiger partial charge in [0.05, 0.1) is 91.0 Å². The van der Waals surface area contributed by atoms with Gasteiger partial charge >= 0.3 is 12.1 Å². The molecule has 0 aliphatic carbocycles. The van der Waals surface area contributed by atoms with Crippen molar-refractivity contribution >= 4 is 29.2 Å². The summed E-state index contributed by atoms with van der Waals surface area (Å²) in [6.07, 6.45) is -10.1. The number of carbonyl (C=O) groups is 3. The molecule has 0 bridgehead atoms. The first-order valence-corrected chi connectivity index (χ1v) is 26.9. The van der Waals surface area contributed by atoms with Crippen LogP contribution < -0.4 is 15.1 Å². The van der Waals surface area contributed by atoms with Crippen molar-refractivity contribution in [2.24, 2.45) is 23.7 Å². The molecule has 1 aromatic heterocycles. The zero-order chi connectivity index (χ0) is 55.6. The van der Waals surface area contributed by atoms with Gasteiger partial charge in [0.2, 0.25) is 0 Å². The van der Waals surface area contributed by atoms with Crippen LogP contribution in [0.1, 0.15) is 101 Å². The third-order valence-corrected chi connectivity index (χ3v) is 16.4. The third-order valence-electron chi connectivity index (χ3n) is 16.4. The number of aromatic nitrogens is 3. The molecule has 5 aliphatic rings. The van der Waals surface area contributed by atoms with E-state index in [-0.39, 0.29) is 32.4 Å². The number of methoxy groups -OCH3 is 1. The van der Waals surface area contributed by atoms with E-state index in [1.165, 1.54) is 38.8 Å². The van der Waals surface area contributed by atoms with Gasteiger partial charge in [0, 0.05) is 69.6 Å². The van der Waals surface area contributed by atoms with Crippen molar-refractivity contribution in [2.75, 3.05) is 56.3 Å². The van der Waals surface area contributed by atoms with E-state index in [0.717, 1.165) is 0 Å². The Labute approximate surface area is 444 Å². The molecule has 5 fully saturated rings. The van der Waals surface area contributed by atoms with Crippen LogP contribution in [-0.2, 0) is 60.4 Å². The summed E-state index contributed by atoms with van der Waals surface area (Å²) in [7, 11) is 1.47. The number of benzene rings is 1. The van der Waals surface area contributed by atoms with Gasteiger partial charge in [-0.1, -0.05) is 32.9 Å². The number of carbonyl (C=O) groups excluding carboxylic acids is 3. The normalized spacial score (nSPS) is 40.4. The lowest BCUT2D eigenvalue weighted by atomic mass is 9.74. The van der Waals surface area contributed by atoms with E-state index >= 15 is 4.39 Å². The number of ether oxygens (including phenoxy) is 8. The topological polar surface area (TPSA) is 275 Å². The number of Topliss-reactive ketones (excluding diaryl/α,β-unsaturated/α-hetero) is 1. The Kier molecular flexibility index (Phi) is 19.3. The van der Waals surface area contributed by atoms with Gasteiger partial charge in [-0.05, 0) is 79.0 Å². The molecular weight excluding hydrogens is 996 g/mol. The molecule has 5 saturated heterocycles. The Morgan fingerprint density at radius 2 is 1.63 bits per heavy atom. The summed E-state index contributed by atoms with van der Waals surface area (Å²) in [5, 5.41) is 71.0. The van der Waals surface area contributed by atoms with E-state index in [4.69, 9.17) is 37.9 Å². The zero-order valence-corrected chi connectivity index (χ0v) is 45.9. The van der Waals surface area contributed by atoms with E-state index in [1.54, 1.807) is 64.6 Å². The highest BCUT2D eigenvalue weighted by Gasteiger charge is 2.53. The fourth-order valence-corrected chi connectivity index (χ4v) is 11.8. The number of hydrogen-bond donors (Lipinski definition) is 6. The van der Waals surface area contributed by atoms with E-state index < -0.39 is 138 Å². The Morgan fingerprint density at radius 1 is 0.921 bits per heavy atom. The predicted octanol–water partition coefficient (Wildman–Crippen LogP) is 2.65. The molecule has 7 rings (SSSR count). The molecule has 19 atom stereocenters. The van der Waals surface area contributed by atoms with Crippen LogP contribution in [-0.4, -0.2) is 195 Å². The lowest BCUT2D eigenvalue weighted by Gasteiger charge is -2.48. The maximum absolute atomic E-state index is 15.2. The third kappa shape index (κ3) is 13.2. The number of amides is 1. The van der Waals surface area contributed by atoms with Crippen molar-refractivity contribution in [2.45, 2.75) is 198 Å². The standard InChI is InChI=1S/C53H83FN6O16/c1-12-40-53(10,68)45(63)30(4)42(61)28(2)23-51(8,67)47(31(5)44(32(6)48(65)74-40)75-41-24-52(9,69-11)46(64)33(7)72-41)76-49-43(62)38(21-29(3)71-49)55-16-15-34-25-59(57-56-34)26-36-27-60(50(66)73-36)35-13-14-39(37(54)22-35)58-17-19-70-20-18-58/h13-14,22,25,28-33,36,38,40-41,43-47,49,55,62-64,67-68H,12,15-21,23-24,26-27H2,1-11H3/t28-,29-,30+,31+,32-,33+,36?,38+,40-,41+,43-,44+,45-,46+,47-,49+,51-,52-,53-/m1/s1. The fourth-order valence-electron chi connectivity index (χ4n) is 11.8. The molecule has 22 nitrogen and oxygen atoms in total. The molecular formula is C53H83FN6O16. The number of aliphatic hydroxyl groups excluding tert-OH is 3. The molecule has 1 aromatic carbocycles. The summed E-state index contributed by atoms with van der Waals surface area (Å²) in [5.74, 6) is -5.83. The molecule has 0 radical (unpaired) electrons. The minimum atomic E-state index is -2.05. The number of rotatable bonds is 14. The van der Waals surface area contributed by atoms with Gasteiger partial charge in [0.1, 0.15) is 41.6 Å². The second-order valence-electron chi connectivity index (χ2n) is 22.5. The molecule has 0 spiro atoms. The van der Waals surface area contributed by atoms with Crippen molar-refractivity contribution in [3.63, 3.8) is 0 Å². The smallest absolute Gasteiger partial charge is 0.414 e. The summed E-state index contributed by atoms with van der Waals surface area (Å²) in [6.45, 7) is 19.0. The largest absolute Gasteiger partial charge is 0.459 e. The van der Waals surface area contributed by atoms with Crippen LogP contribution >= 0.6 is 0 Å². The second kappa shape index (κ2) is 24.6. The number of anilines is 2. The summed E-state index contributed by atoms with van der Waals surface area (Å²) in [4.78, 5) is 44.7. The highest BCUT2D eigenvalue weighted by atomic mass is 19.1. The van der Waals surface area contributed by atoms with Gasteiger partial charge in [-0.2, -0.15) is 0 Å². The van der Waals surface area contributed by atoms with Crippen LogP contribution in [0.25, 0.3) is 0 Å². The van der Waals surface area contributed by atoms with Gasteiger partial charge in [-0.15, -0.1) is 5.10 Å². The van der Waals surface area contributed by atoms with Crippen LogP contribution in [0.3, 0.4) is 0 Å². The number of nitrogens with one attached hydrogen (secondary N) is 1. The molecule has 23 heteroatoms. The first-order chi connectivity index (χ1) is 35.8. The van der Waals surface area contributed by atoms with Crippen molar-refractivity contribution in [1.82, 2.24) is 20.3 Å². The SMILES string of the molecule is CC[C@H]1OC(=O)[C@H](C)[C@@H](O[C@H]2C[C@@](C)(OC)[C@@H](O)[C@H](C)O2)[C@H](C)[C@@H](O[C@@H]2O[C@H](C)C[C@H](NCCc3cn(CC4CN(c5ccc(N6CCOCC6)c(F)c5)C(=O)O4)nn3)[C@H]2O)[C@](C)(O)C[C@@H](C)C(=O)[C@H](C)[C@@H](O)[C@]1(C)O. The van der Waals surface area contributed by atoms with Gasteiger partial charge < -0.3 is 73.6 Å². The lowest BCUT2D eigenvalue weighted by molar-refractivity contribution is -0.316. The number of aliphatic hydroxyl groups is 5.